The molecule has 0 amide bonds. The van der Waals surface area contributed by atoms with Crippen LogP contribution in [0.25, 0.3) is 0 Å². The van der Waals surface area contributed by atoms with Crippen LogP contribution in [0.1, 0.15) is 6.92 Å². The number of rotatable bonds is 4. The van der Waals surface area contributed by atoms with E-state index in [2.05, 4.69) is 0 Å². The average molecular weight is 253 g/mol. The molecular weight excluding hydrogens is 242 g/mol. The highest BCUT2D eigenvalue weighted by Crippen LogP contribution is 2.53. The lowest BCUT2D eigenvalue weighted by molar-refractivity contribution is 0.497. The van der Waals surface area contributed by atoms with Crippen molar-refractivity contribution in [3.05, 3.63) is 30.3 Å². The van der Waals surface area contributed by atoms with E-state index in [9.17, 15) is 4.57 Å². The molecule has 0 bridgehead atoms. The third-order valence-corrected chi connectivity index (χ3v) is 3.91. The van der Waals surface area contributed by atoms with Gasteiger partial charge in [0.25, 0.3) is 0 Å². The van der Waals surface area contributed by atoms with Crippen molar-refractivity contribution in [2.75, 3.05) is 6.16 Å². The van der Waals surface area contributed by atoms with E-state index in [0.29, 0.717) is 5.75 Å². The lowest BCUT2D eigenvalue weighted by atomic mass is 10.3. The van der Waals surface area contributed by atoms with Crippen molar-refractivity contribution >= 4 is 29.6 Å². The molecule has 1 aromatic rings. The molecule has 0 fully saturated rings. The molecule has 14 heavy (non-hydrogen) atoms. The highest BCUT2D eigenvalue weighted by atomic mass is 35.7. The minimum atomic E-state index is -3.13. The molecule has 78 valence electrons. The zero-order valence-electron chi connectivity index (χ0n) is 7.69. The molecule has 0 saturated carbocycles. The van der Waals surface area contributed by atoms with E-state index in [0.717, 1.165) is 0 Å². The van der Waals surface area contributed by atoms with Crippen molar-refractivity contribution in [3.8, 4) is 5.75 Å². The SMILES string of the molecule is CC(Cl)CP(=O)(Cl)Oc1ccccc1. The molecule has 2 atom stereocenters. The van der Waals surface area contributed by atoms with E-state index >= 15 is 0 Å². The first-order valence-electron chi connectivity index (χ1n) is 4.17. The van der Waals surface area contributed by atoms with Crippen LogP contribution in [0.15, 0.2) is 30.3 Å². The van der Waals surface area contributed by atoms with Gasteiger partial charge in [-0.05, 0) is 30.3 Å². The second-order valence-corrected chi connectivity index (χ2v) is 6.98. The molecule has 0 aliphatic carbocycles. The van der Waals surface area contributed by atoms with Crippen molar-refractivity contribution in [2.45, 2.75) is 12.3 Å². The fraction of sp³-hybridized carbons (Fsp3) is 0.333. The van der Waals surface area contributed by atoms with Gasteiger partial charge in [-0.2, -0.15) is 0 Å². The molecular formula is C9H11Cl2O2P. The zero-order chi connectivity index (χ0) is 10.6. The largest absolute Gasteiger partial charge is 0.433 e. The van der Waals surface area contributed by atoms with E-state index in [1.807, 2.05) is 6.07 Å². The van der Waals surface area contributed by atoms with Gasteiger partial charge in [0.15, 0.2) is 0 Å². The summed E-state index contributed by atoms with van der Waals surface area (Å²) in [6.07, 6.45) is 0.158. The monoisotopic (exact) mass is 252 g/mol. The summed E-state index contributed by atoms with van der Waals surface area (Å²) < 4.78 is 16.8. The molecule has 0 N–H and O–H groups in total. The molecule has 2 nitrogen and oxygen atoms in total. The minimum Gasteiger partial charge on any atom is -0.433 e. The van der Waals surface area contributed by atoms with Gasteiger partial charge in [-0.1, -0.05) is 18.2 Å². The molecule has 0 aliphatic heterocycles. The Morgan fingerprint density at radius 2 is 2.00 bits per heavy atom. The van der Waals surface area contributed by atoms with Crippen LogP contribution in [0.2, 0.25) is 0 Å². The number of benzene rings is 1. The van der Waals surface area contributed by atoms with Crippen LogP contribution < -0.4 is 4.52 Å². The van der Waals surface area contributed by atoms with E-state index in [-0.39, 0.29) is 11.5 Å². The van der Waals surface area contributed by atoms with E-state index < -0.39 is 6.72 Å². The topological polar surface area (TPSA) is 26.3 Å². The highest BCUT2D eigenvalue weighted by molar-refractivity contribution is 7.85. The van der Waals surface area contributed by atoms with Gasteiger partial charge in [-0.25, -0.2) is 0 Å². The number of hydrogen-bond donors (Lipinski definition) is 0. The standard InChI is InChI=1S/C9H11Cl2O2P/c1-8(10)7-14(11,12)13-9-5-3-2-4-6-9/h2-6,8H,7H2,1H3. The maximum Gasteiger partial charge on any atom is 0.337 e. The van der Waals surface area contributed by atoms with E-state index in [1.165, 1.54) is 0 Å². The maximum absolute atomic E-state index is 11.7. The summed E-state index contributed by atoms with van der Waals surface area (Å²) in [4.78, 5) is 0. The summed E-state index contributed by atoms with van der Waals surface area (Å²) in [5.74, 6) is 0.503. The first-order valence-corrected chi connectivity index (χ1v) is 7.32. The Hall–Kier alpha value is -0.170. The van der Waals surface area contributed by atoms with Crippen LogP contribution in [0.5, 0.6) is 5.75 Å². The fourth-order valence-electron chi connectivity index (χ4n) is 0.977. The Morgan fingerprint density at radius 3 is 2.50 bits per heavy atom. The number of hydrogen-bond acceptors (Lipinski definition) is 2. The van der Waals surface area contributed by atoms with E-state index in [1.54, 1.807) is 31.2 Å². The minimum absolute atomic E-state index is 0.158. The summed E-state index contributed by atoms with van der Waals surface area (Å²) in [5, 5.41) is -0.262. The van der Waals surface area contributed by atoms with Crippen LogP contribution in [0.4, 0.5) is 0 Å². The highest BCUT2D eigenvalue weighted by Gasteiger charge is 2.23. The molecule has 0 radical (unpaired) electrons. The molecule has 0 heterocycles. The Bertz CT molecular complexity index is 327. The van der Waals surface area contributed by atoms with Crippen LogP contribution in [0, 0.1) is 0 Å². The Kier molecular flexibility index (Phi) is 4.31. The van der Waals surface area contributed by atoms with Gasteiger partial charge < -0.3 is 4.52 Å². The van der Waals surface area contributed by atoms with Crippen molar-refractivity contribution in [2.24, 2.45) is 0 Å². The molecule has 0 aliphatic rings. The van der Waals surface area contributed by atoms with Gasteiger partial charge >= 0.3 is 6.72 Å². The molecule has 1 rings (SSSR count). The Balaban J connectivity index is 2.64. The number of halogens is 2. The number of para-hydroxylation sites is 1. The van der Waals surface area contributed by atoms with Gasteiger partial charge in [0.1, 0.15) is 5.75 Å². The lowest BCUT2D eigenvalue weighted by Crippen LogP contribution is -2.01. The average Bonchev–Trinajstić information content (AvgIpc) is 2.02. The van der Waals surface area contributed by atoms with Crippen LogP contribution in [-0.2, 0) is 4.57 Å². The third-order valence-electron chi connectivity index (χ3n) is 1.45. The van der Waals surface area contributed by atoms with Crippen LogP contribution in [-0.4, -0.2) is 11.5 Å². The van der Waals surface area contributed by atoms with Crippen molar-refractivity contribution in [1.82, 2.24) is 0 Å². The van der Waals surface area contributed by atoms with E-state index in [4.69, 9.17) is 27.4 Å². The van der Waals surface area contributed by atoms with Gasteiger partial charge in [0, 0.05) is 5.38 Å². The molecule has 0 spiro atoms. The summed E-state index contributed by atoms with van der Waals surface area (Å²) in [6, 6.07) is 8.82. The fourth-order valence-corrected chi connectivity index (χ4v) is 3.71. The first kappa shape index (κ1) is 11.9. The van der Waals surface area contributed by atoms with Crippen molar-refractivity contribution < 1.29 is 9.09 Å². The molecule has 0 saturated heterocycles. The lowest BCUT2D eigenvalue weighted by Gasteiger charge is -2.13. The van der Waals surface area contributed by atoms with Crippen molar-refractivity contribution in [3.63, 3.8) is 0 Å². The molecule has 5 heteroatoms. The smallest absolute Gasteiger partial charge is 0.337 e. The summed E-state index contributed by atoms with van der Waals surface area (Å²) in [5.41, 5.74) is 0. The molecule has 2 unspecified atom stereocenters. The summed E-state index contributed by atoms with van der Waals surface area (Å²) in [7, 11) is 0. The van der Waals surface area contributed by atoms with Gasteiger partial charge in [0.05, 0.1) is 6.16 Å². The van der Waals surface area contributed by atoms with Gasteiger partial charge in [-0.3, -0.25) is 4.57 Å². The maximum atomic E-state index is 11.7. The summed E-state index contributed by atoms with van der Waals surface area (Å²) in [6.45, 7) is -1.40. The zero-order valence-corrected chi connectivity index (χ0v) is 10.1. The second-order valence-electron chi connectivity index (χ2n) is 2.96. The van der Waals surface area contributed by atoms with Gasteiger partial charge in [-0.15, -0.1) is 11.6 Å². The second kappa shape index (κ2) is 5.06. The predicted molar refractivity (Wildman–Crippen MR) is 60.7 cm³/mol. The quantitative estimate of drug-likeness (QED) is 0.595. The Morgan fingerprint density at radius 1 is 1.43 bits per heavy atom. The first-order chi connectivity index (χ1) is 6.49. The Labute approximate surface area is 93.4 Å². The van der Waals surface area contributed by atoms with Crippen LogP contribution in [0.3, 0.4) is 0 Å². The summed E-state index contributed by atoms with van der Waals surface area (Å²) >= 11 is 11.4. The normalized spacial score (nSPS) is 17.1. The van der Waals surface area contributed by atoms with Crippen LogP contribution >= 0.6 is 29.6 Å². The van der Waals surface area contributed by atoms with Gasteiger partial charge in [0.2, 0.25) is 0 Å². The van der Waals surface area contributed by atoms with Crippen molar-refractivity contribution in [1.29, 1.82) is 0 Å². The predicted octanol–water partition coefficient (Wildman–Crippen LogP) is 4.12. The molecule has 0 aromatic heterocycles. The molecule has 1 aromatic carbocycles. The third kappa shape index (κ3) is 4.36. The number of alkyl halides is 1.